The first-order valence-electron chi connectivity index (χ1n) is 8.72. The molecule has 1 saturated heterocycles. The molecule has 0 saturated carbocycles. The molecule has 1 atom stereocenters. The molecule has 6 nitrogen and oxygen atoms in total. The Kier molecular flexibility index (Phi) is 4.80. The van der Waals surface area contributed by atoms with Crippen molar-refractivity contribution < 1.29 is 19.1 Å². The summed E-state index contributed by atoms with van der Waals surface area (Å²) in [5.74, 6) is -1.05. The van der Waals surface area contributed by atoms with E-state index in [0.717, 1.165) is 17.3 Å². The fourth-order valence-electron chi connectivity index (χ4n) is 3.35. The van der Waals surface area contributed by atoms with Crippen molar-refractivity contribution in [1.82, 2.24) is 4.90 Å². The van der Waals surface area contributed by atoms with Crippen LogP contribution in [0.25, 0.3) is 0 Å². The van der Waals surface area contributed by atoms with Gasteiger partial charge in [-0.1, -0.05) is 12.1 Å². The Morgan fingerprint density at radius 1 is 1.15 bits per heavy atom. The molecule has 2 aliphatic heterocycles. The third kappa shape index (κ3) is 3.40. The lowest BCUT2D eigenvalue weighted by atomic mass is 10.1. The summed E-state index contributed by atoms with van der Waals surface area (Å²) < 4.78 is 6.29. The van der Waals surface area contributed by atoms with Crippen LogP contribution in [0.15, 0.2) is 46.9 Å². The molecule has 0 aromatic heterocycles. The number of halogens is 1. The molecular formula is C20H17BrN2O4. The third-order valence-corrected chi connectivity index (χ3v) is 5.46. The van der Waals surface area contributed by atoms with Crippen LogP contribution in [-0.4, -0.2) is 41.9 Å². The highest BCUT2D eigenvalue weighted by atomic mass is 79.9. The Balaban J connectivity index is 1.55. The summed E-state index contributed by atoms with van der Waals surface area (Å²) in [7, 11) is 0. The SMILES string of the molecule is O=C(Nc1ccccc1Br)c1ccc2c(c1)C(=O)N(CC1CCCO1)C2=O. The van der Waals surface area contributed by atoms with Crippen LogP contribution in [0.1, 0.15) is 43.9 Å². The Hall–Kier alpha value is -2.51. The van der Waals surface area contributed by atoms with Crippen LogP contribution in [0.2, 0.25) is 0 Å². The lowest BCUT2D eigenvalue weighted by Gasteiger charge is -2.17. The van der Waals surface area contributed by atoms with Crippen LogP contribution in [0, 0.1) is 0 Å². The van der Waals surface area contributed by atoms with Crippen molar-refractivity contribution in [2.24, 2.45) is 0 Å². The van der Waals surface area contributed by atoms with E-state index in [1.165, 1.54) is 11.0 Å². The fourth-order valence-corrected chi connectivity index (χ4v) is 3.73. The van der Waals surface area contributed by atoms with Gasteiger partial charge in [-0.15, -0.1) is 0 Å². The van der Waals surface area contributed by atoms with Gasteiger partial charge in [0, 0.05) is 16.6 Å². The van der Waals surface area contributed by atoms with Gasteiger partial charge in [-0.25, -0.2) is 0 Å². The Bertz CT molecular complexity index is 937. The van der Waals surface area contributed by atoms with Gasteiger partial charge in [0.25, 0.3) is 17.7 Å². The number of fused-ring (bicyclic) bond motifs is 1. The predicted molar refractivity (Wildman–Crippen MR) is 103 cm³/mol. The van der Waals surface area contributed by atoms with Crippen LogP contribution >= 0.6 is 15.9 Å². The normalized spacial score (nSPS) is 18.7. The van der Waals surface area contributed by atoms with Crippen molar-refractivity contribution >= 4 is 39.3 Å². The van der Waals surface area contributed by atoms with Crippen molar-refractivity contribution in [2.75, 3.05) is 18.5 Å². The predicted octanol–water partition coefficient (Wildman–Crippen LogP) is 3.48. The number of amides is 3. The number of hydrogen-bond acceptors (Lipinski definition) is 4. The van der Waals surface area contributed by atoms with Crippen molar-refractivity contribution in [1.29, 1.82) is 0 Å². The van der Waals surface area contributed by atoms with Crippen LogP contribution in [0.4, 0.5) is 5.69 Å². The number of para-hydroxylation sites is 1. The van der Waals surface area contributed by atoms with E-state index in [1.807, 2.05) is 18.2 Å². The van der Waals surface area contributed by atoms with E-state index in [4.69, 9.17) is 4.74 Å². The first kappa shape index (κ1) is 17.9. The molecular weight excluding hydrogens is 412 g/mol. The van der Waals surface area contributed by atoms with Gasteiger partial charge in [0.15, 0.2) is 0 Å². The molecule has 0 aliphatic carbocycles. The summed E-state index contributed by atoms with van der Waals surface area (Å²) in [6.07, 6.45) is 1.67. The average Bonchev–Trinajstić information content (AvgIpc) is 3.26. The average molecular weight is 429 g/mol. The van der Waals surface area contributed by atoms with Crippen LogP contribution in [0.5, 0.6) is 0 Å². The summed E-state index contributed by atoms with van der Waals surface area (Å²) >= 11 is 3.38. The van der Waals surface area contributed by atoms with Crippen molar-refractivity contribution in [3.05, 3.63) is 63.6 Å². The molecule has 7 heteroatoms. The summed E-state index contributed by atoms with van der Waals surface area (Å²) in [6, 6.07) is 11.8. The molecule has 1 fully saturated rings. The van der Waals surface area contributed by atoms with Crippen LogP contribution < -0.4 is 5.32 Å². The number of imide groups is 1. The smallest absolute Gasteiger partial charge is 0.261 e. The number of nitrogens with zero attached hydrogens (tertiary/aromatic N) is 1. The topological polar surface area (TPSA) is 75.7 Å². The van der Waals surface area contributed by atoms with E-state index >= 15 is 0 Å². The number of benzene rings is 2. The van der Waals surface area contributed by atoms with Crippen LogP contribution in [0.3, 0.4) is 0 Å². The summed E-state index contributed by atoms with van der Waals surface area (Å²) in [5, 5.41) is 2.80. The Morgan fingerprint density at radius 3 is 2.67 bits per heavy atom. The summed E-state index contributed by atoms with van der Waals surface area (Å²) in [5.41, 5.74) is 1.54. The van der Waals surface area contributed by atoms with Gasteiger partial charge in [-0.2, -0.15) is 0 Å². The third-order valence-electron chi connectivity index (χ3n) is 4.77. The molecule has 2 aromatic carbocycles. The van der Waals surface area contributed by atoms with Gasteiger partial charge in [-0.3, -0.25) is 19.3 Å². The molecule has 4 rings (SSSR count). The minimum Gasteiger partial charge on any atom is -0.376 e. The fraction of sp³-hybridized carbons (Fsp3) is 0.250. The standard InChI is InChI=1S/C20H17BrN2O4/c21-16-5-1-2-6-17(16)22-18(24)12-7-8-14-15(10-12)20(26)23(19(14)25)11-13-4-3-9-27-13/h1-2,5-8,10,13H,3-4,9,11H2,(H,22,24). The minimum atomic E-state index is -0.374. The number of anilines is 1. The highest BCUT2D eigenvalue weighted by Gasteiger charge is 2.37. The lowest BCUT2D eigenvalue weighted by molar-refractivity contribution is 0.0475. The number of hydrogen-bond donors (Lipinski definition) is 1. The minimum absolute atomic E-state index is 0.106. The summed E-state index contributed by atoms with van der Waals surface area (Å²) in [6.45, 7) is 0.915. The highest BCUT2D eigenvalue weighted by molar-refractivity contribution is 9.10. The zero-order valence-electron chi connectivity index (χ0n) is 14.4. The second-order valence-corrected chi connectivity index (χ2v) is 7.40. The zero-order chi connectivity index (χ0) is 19.0. The van der Waals surface area contributed by atoms with Gasteiger partial charge in [0.1, 0.15) is 0 Å². The molecule has 1 N–H and O–H groups in total. The number of carbonyl (C=O) groups is 3. The quantitative estimate of drug-likeness (QED) is 0.756. The second-order valence-electron chi connectivity index (χ2n) is 6.55. The molecule has 0 bridgehead atoms. The molecule has 2 heterocycles. The molecule has 0 spiro atoms. The maximum absolute atomic E-state index is 12.7. The van der Waals surface area contributed by atoms with Gasteiger partial charge in [-0.05, 0) is 59.1 Å². The monoisotopic (exact) mass is 428 g/mol. The van der Waals surface area contributed by atoms with Gasteiger partial charge >= 0.3 is 0 Å². The maximum atomic E-state index is 12.7. The van der Waals surface area contributed by atoms with Gasteiger partial charge in [0.2, 0.25) is 0 Å². The number of ether oxygens (including phenoxy) is 1. The second kappa shape index (κ2) is 7.25. The number of nitrogens with one attached hydrogen (secondary N) is 1. The van der Waals surface area contributed by atoms with Crippen molar-refractivity contribution in [3.8, 4) is 0 Å². The zero-order valence-corrected chi connectivity index (χ0v) is 16.0. The van der Waals surface area contributed by atoms with Crippen molar-refractivity contribution in [3.63, 3.8) is 0 Å². The molecule has 2 aromatic rings. The molecule has 27 heavy (non-hydrogen) atoms. The maximum Gasteiger partial charge on any atom is 0.261 e. The van der Waals surface area contributed by atoms with E-state index in [1.54, 1.807) is 18.2 Å². The van der Waals surface area contributed by atoms with E-state index in [2.05, 4.69) is 21.2 Å². The van der Waals surface area contributed by atoms with Crippen LogP contribution in [-0.2, 0) is 4.74 Å². The number of carbonyl (C=O) groups excluding carboxylic acids is 3. The van der Waals surface area contributed by atoms with E-state index in [0.29, 0.717) is 23.4 Å². The Morgan fingerprint density at radius 2 is 1.93 bits per heavy atom. The highest BCUT2D eigenvalue weighted by Crippen LogP contribution is 2.27. The first-order valence-corrected chi connectivity index (χ1v) is 9.51. The van der Waals surface area contributed by atoms with Gasteiger partial charge < -0.3 is 10.1 Å². The van der Waals surface area contributed by atoms with E-state index in [-0.39, 0.29) is 35.9 Å². The molecule has 0 radical (unpaired) electrons. The number of rotatable bonds is 4. The lowest BCUT2D eigenvalue weighted by Crippen LogP contribution is -2.36. The van der Waals surface area contributed by atoms with E-state index in [9.17, 15) is 14.4 Å². The molecule has 138 valence electrons. The van der Waals surface area contributed by atoms with E-state index < -0.39 is 0 Å². The summed E-state index contributed by atoms with van der Waals surface area (Å²) in [4.78, 5) is 39.0. The first-order chi connectivity index (χ1) is 13.0. The molecule has 3 amide bonds. The van der Waals surface area contributed by atoms with Crippen molar-refractivity contribution in [2.45, 2.75) is 18.9 Å². The Labute approximate surface area is 164 Å². The van der Waals surface area contributed by atoms with Gasteiger partial charge in [0.05, 0.1) is 29.5 Å². The largest absolute Gasteiger partial charge is 0.376 e. The molecule has 2 aliphatic rings. The molecule has 1 unspecified atom stereocenters.